The second-order valence-electron chi connectivity index (χ2n) is 5.04. The summed E-state index contributed by atoms with van der Waals surface area (Å²) in [7, 11) is 1.24. The van der Waals surface area contributed by atoms with Gasteiger partial charge in [-0.15, -0.1) is 11.3 Å². The summed E-state index contributed by atoms with van der Waals surface area (Å²) in [5.41, 5.74) is 0.113. The molecule has 25 heavy (non-hydrogen) atoms. The van der Waals surface area contributed by atoms with E-state index in [9.17, 15) is 18.8 Å². The van der Waals surface area contributed by atoms with E-state index in [-0.39, 0.29) is 16.8 Å². The zero-order valence-corrected chi connectivity index (χ0v) is 13.8. The number of thiophene rings is 1. The van der Waals surface area contributed by atoms with Gasteiger partial charge in [0.15, 0.2) is 0 Å². The molecule has 0 bridgehead atoms. The van der Waals surface area contributed by atoms with Gasteiger partial charge >= 0.3 is 5.97 Å². The smallest absolute Gasteiger partial charge is 0.350 e. The van der Waals surface area contributed by atoms with Gasteiger partial charge in [-0.3, -0.25) is 14.2 Å². The monoisotopic (exact) mass is 361 g/mol. The molecule has 0 aliphatic rings. The number of rotatable bonds is 4. The minimum Gasteiger partial charge on any atom is -0.465 e. The fourth-order valence-corrected chi connectivity index (χ4v) is 3.01. The molecule has 2 aromatic heterocycles. The second-order valence-corrected chi connectivity index (χ2v) is 5.96. The van der Waals surface area contributed by atoms with Crippen LogP contribution in [0, 0.1) is 5.82 Å². The molecular weight excluding hydrogens is 349 g/mol. The number of hydrogen-bond donors (Lipinski definition) is 1. The predicted octanol–water partition coefficient (Wildman–Crippen LogP) is 2.02. The molecule has 0 saturated heterocycles. The van der Waals surface area contributed by atoms with Crippen LogP contribution in [0.3, 0.4) is 0 Å². The molecule has 3 rings (SSSR count). The third-order valence-electron chi connectivity index (χ3n) is 3.41. The fourth-order valence-electron chi connectivity index (χ4n) is 2.25. The van der Waals surface area contributed by atoms with Gasteiger partial charge in [-0.05, 0) is 29.6 Å². The molecule has 0 aliphatic carbocycles. The Kier molecular flexibility index (Phi) is 4.57. The number of fused-ring (bicyclic) bond motifs is 1. The Balaban J connectivity index is 1.83. The van der Waals surface area contributed by atoms with E-state index in [4.69, 9.17) is 0 Å². The zero-order valence-electron chi connectivity index (χ0n) is 13.0. The molecule has 0 atom stereocenters. The van der Waals surface area contributed by atoms with Crippen LogP contribution in [0.25, 0.3) is 10.9 Å². The number of halogens is 1. The summed E-state index contributed by atoms with van der Waals surface area (Å²) in [6.45, 7) is -0.325. The summed E-state index contributed by atoms with van der Waals surface area (Å²) in [5.74, 6) is -1.65. The van der Waals surface area contributed by atoms with Crippen LogP contribution >= 0.6 is 11.3 Å². The number of aromatic nitrogens is 2. The van der Waals surface area contributed by atoms with E-state index in [0.717, 1.165) is 22.0 Å². The second kappa shape index (κ2) is 6.81. The lowest BCUT2D eigenvalue weighted by atomic mass is 10.2. The number of methoxy groups -OCH3 is 1. The summed E-state index contributed by atoms with van der Waals surface area (Å²) >= 11 is 1.13. The maximum absolute atomic E-state index is 13.3. The molecule has 1 amide bonds. The summed E-state index contributed by atoms with van der Waals surface area (Å²) < 4.78 is 19.0. The lowest BCUT2D eigenvalue weighted by molar-refractivity contribution is -0.116. The quantitative estimate of drug-likeness (QED) is 0.718. The molecule has 1 N–H and O–H groups in total. The number of nitrogens with zero attached hydrogens (tertiary/aromatic N) is 2. The average molecular weight is 361 g/mol. The van der Waals surface area contributed by atoms with Crippen LogP contribution in [0.15, 0.2) is 40.8 Å². The van der Waals surface area contributed by atoms with Crippen LogP contribution in [-0.2, 0) is 16.1 Å². The normalized spacial score (nSPS) is 10.6. The minimum absolute atomic E-state index is 0.0843. The van der Waals surface area contributed by atoms with Gasteiger partial charge in [0.05, 0.1) is 30.0 Å². The highest BCUT2D eigenvalue weighted by molar-refractivity contribution is 7.12. The Morgan fingerprint density at radius 2 is 2.16 bits per heavy atom. The fraction of sp³-hybridized carbons (Fsp3) is 0.125. The maximum atomic E-state index is 13.3. The number of ether oxygens (including phenoxy) is 1. The average Bonchev–Trinajstić information content (AvgIpc) is 3.05. The zero-order chi connectivity index (χ0) is 18.0. The van der Waals surface area contributed by atoms with Crippen molar-refractivity contribution < 1.29 is 18.7 Å². The van der Waals surface area contributed by atoms with Gasteiger partial charge in [0.25, 0.3) is 5.56 Å². The number of carbonyl (C=O) groups excluding carboxylic acids is 2. The highest BCUT2D eigenvalue weighted by Gasteiger charge is 2.16. The number of anilines is 1. The van der Waals surface area contributed by atoms with Crippen LogP contribution in [-0.4, -0.2) is 28.5 Å². The Morgan fingerprint density at radius 1 is 1.36 bits per heavy atom. The van der Waals surface area contributed by atoms with E-state index in [1.165, 1.54) is 25.6 Å². The predicted molar refractivity (Wildman–Crippen MR) is 90.2 cm³/mol. The summed E-state index contributed by atoms with van der Waals surface area (Å²) in [6.07, 6.45) is 1.22. The molecule has 0 saturated carbocycles. The highest BCUT2D eigenvalue weighted by Crippen LogP contribution is 2.23. The Hall–Kier alpha value is -3.07. The van der Waals surface area contributed by atoms with Crippen molar-refractivity contribution >= 4 is 39.8 Å². The topological polar surface area (TPSA) is 90.3 Å². The van der Waals surface area contributed by atoms with E-state index in [1.54, 1.807) is 11.4 Å². The molecule has 9 heteroatoms. The van der Waals surface area contributed by atoms with Crippen LogP contribution in [0.2, 0.25) is 0 Å². The molecule has 0 spiro atoms. The van der Waals surface area contributed by atoms with E-state index < -0.39 is 23.3 Å². The van der Waals surface area contributed by atoms with Gasteiger partial charge in [-0.2, -0.15) is 0 Å². The first-order chi connectivity index (χ1) is 12.0. The first-order valence-electron chi connectivity index (χ1n) is 7.10. The molecule has 128 valence electrons. The van der Waals surface area contributed by atoms with Crippen molar-refractivity contribution in [2.24, 2.45) is 0 Å². The van der Waals surface area contributed by atoms with E-state index in [2.05, 4.69) is 15.0 Å². The minimum atomic E-state index is -0.565. The summed E-state index contributed by atoms with van der Waals surface area (Å²) in [6, 6.07) is 5.24. The Labute approximate surface area is 144 Å². The van der Waals surface area contributed by atoms with Crippen molar-refractivity contribution in [2.45, 2.75) is 6.54 Å². The third-order valence-corrected chi connectivity index (χ3v) is 4.30. The number of benzene rings is 1. The van der Waals surface area contributed by atoms with Crippen LogP contribution < -0.4 is 10.9 Å². The first-order valence-corrected chi connectivity index (χ1v) is 7.98. The van der Waals surface area contributed by atoms with Crippen molar-refractivity contribution in [1.82, 2.24) is 9.55 Å². The van der Waals surface area contributed by atoms with Crippen LogP contribution in [0.1, 0.15) is 9.67 Å². The molecule has 2 heterocycles. The molecule has 1 aromatic carbocycles. The molecule has 3 aromatic rings. The third kappa shape index (κ3) is 3.41. The van der Waals surface area contributed by atoms with Gasteiger partial charge in [-0.25, -0.2) is 14.2 Å². The Bertz CT molecular complexity index is 1030. The van der Waals surface area contributed by atoms with Crippen molar-refractivity contribution in [2.75, 3.05) is 12.4 Å². The van der Waals surface area contributed by atoms with Gasteiger partial charge in [0, 0.05) is 0 Å². The number of esters is 1. The molecule has 0 aliphatic heterocycles. The number of amides is 1. The number of carbonyl (C=O) groups is 2. The lowest BCUT2D eigenvalue weighted by Crippen LogP contribution is -2.28. The molecule has 0 radical (unpaired) electrons. The molecule has 0 fully saturated rings. The molecular formula is C16H12FN3O4S. The molecule has 0 unspecified atom stereocenters. The van der Waals surface area contributed by atoms with Gasteiger partial charge < -0.3 is 10.1 Å². The van der Waals surface area contributed by atoms with E-state index in [0.29, 0.717) is 11.2 Å². The Morgan fingerprint density at radius 3 is 2.92 bits per heavy atom. The van der Waals surface area contributed by atoms with E-state index in [1.807, 2.05) is 0 Å². The van der Waals surface area contributed by atoms with Gasteiger partial charge in [0.2, 0.25) is 5.91 Å². The van der Waals surface area contributed by atoms with Crippen LogP contribution in [0.5, 0.6) is 0 Å². The van der Waals surface area contributed by atoms with Gasteiger partial charge in [0.1, 0.15) is 17.2 Å². The summed E-state index contributed by atoms with van der Waals surface area (Å²) in [4.78, 5) is 40.4. The van der Waals surface area contributed by atoms with E-state index >= 15 is 0 Å². The highest BCUT2D eigenvalue weighted by atomic mass is 32.1. The van der Waals surface area contributed by atoms with Gasteiger partial charge in [-0.1, -0.05) is 0 Å². The van der Waals surface area contributed by atoms with Crippen molar-refractivity contribution in [1.29, 1.82) is 0 Å². The maximum Gasteiger partial charge on any atom is 0.350 e. The summed E-state index contributed by atoms with van der Waals surface area (Å²) in [5, 5.41) is 4.27. The standard InChI is InChI=1S/C16H12FN3O4S/c1-24-16(23)14-12(4-5-25-14)19-13(21)7-20-8-18-11-3-2-9(17)6-10(11)15(20)22/h2-6,8H,7H2,1H3,(H,19,21). The molecule has 7 nitrogen and oxygen atoms in total. The number of nitrogens with one attached hydrogen (secondary N) is 1. The van der Waals surface area contributed by atoms with Crippen molar-refractivity contribution in [3.63, 3.8) is 0 Å². The van der Waals surface area contributed by atoms with Crippen molar-refractivity contribution in [3.05, 3.63) is 57.0 Å². The SMILES string of the molecule is COC(=O)c1sccc1NC(=O)Cn1cnc2ccc(F)cc2c1=O. The van der Waals surface area contributed by atoms with Crippen LogP contribution in [0.4, 0.5) is 10.1 Å². The largest absolute Gasteiger partial charge is 0.465 e. The number of hydrogen-bond acceptors (Lipinski definition) is 6. The van der Waals surface area contributed by atoms with Crippen molar-refractivity contribution in [3.8, 4) is 0 Å². The first kappa shape index (κ1) is 16.8. The lowest BCUT2D eigenvalue weighted by Gasteiger charge is -2.08.